The number of fused-ring (bicyclic) bond motifs is 1. The molecule has 3 atom stereocenters. The molecule has 2 N–H and O–H groups in total. The lowest BCUT2D eigenvalue weighted by Crippen LogP contribution is -2.58. The van der Waals surface area contributed by atoms with Crippen molar-refractivity contribution in [2.24, 2.45) is 5.92 Å². The zero-order valence-electron chi connectivity index (χ0n) is 13.2. The number of methoxy groups -OCH3 is 2. The molecule has 1 aliphatic heterocycles. The van der Waals surface area contributed by atoms with Crippen molar-refractivity contribution in [2.75, 3.05) is 20.8 Å². The first-order valence-electron chi connectivity index (χ1n) is 8.07. The number of benzene rings is 1. The largest absolute Gasteiger partial charge is 0.504 e. The second-order valence-electron chi connectivity index (χ2n) is 6.68. The maximum atomic E-state index is 10.8. The third kappa shape index (κ3) is 1.73. The van der Waals surface area contributed by atoms with E-state index in [2.05, 4.69) is 17.5 Å². The molecular weight excluding hydrogens is 278 g/mol. The Kier molecular flexibility index (Phi) is 3.12. The summed E-state index contributed by atoms with van der Waals surface area (Å²) in [6.07, 6.45) is 6.27. The SMILES string of the molecule is COC1=CC2C3Cc4ccc(OC)c(O)c4C2(CCN3)CC1. The lowest BCUT2D eigenvalue weighted by molar-refractivity contribution is 0.119. The lowest BCUT2D eigenvalue weighted by Gasteiger charge is -2.54. The topological polar surface area (TPSA) is 50.7 Å². The number of phenolic OH excluding ortho intramolecular Hbond substituents is 1. The fourth-order valence-electron chi connectivity index (χ4n) is 4.88. The molecule has 22 heavy (non-hydrogen) atoms. The molecular formula is C18H23NO3. The second-order valence-corrected chi connectivity index (χ2v) is 6.68. The molecule has 4 rings (SSSR count). The smallest absolute Gasteiger partial charge is 0.161 e. The molecule has 1 aromatic carbocycles. The summed E-state index contributed by atoms with van der Waals surface area (Å²) in [7, 11) is 3.37. The highest BCUT2D eigenvalue weighted by Gasteiger charge is 2.53. The summed E-state index contributed by atoms with van der Waals surface area (Å²) < 4.78 is 10.9. The van der Waals surface area contributed by atoms with Gasteiger partial charge < -0.3 is 19.9 Å². The average Bonchev–Trinajstić information content (AvgIpc) is 2.54. The van der Waals surface area contributed by atoms with E-state index in [0.717, 1.165) is 43.6 Å². The van der Waals surface area contributed by atoms with Gasteiger partial charge in [-0.05, 0) is 43.5 Å². The molecule has 0 saturated carbocycles. The Bertz CT molecular complexity index is 639. The number of piperidine rings is 1. The van der Waals surface area contributed by atoms with E-state index in [0.29, 0.717) is 23.5 Å². The zero-order valence-corrected chi connectivity index (χ0v) is 13.2. The van der Waals surface area contributed by atoms with Gasteiger partial charge in [0, 0.05) is 29.4 Å². The molecule has 1 aromatic rings. The van der Waals surface area contributed by atoms with Crippen LogP contribution in [-0.2, 0) is 16.6 Å². The van der Waals surface area contributed by atoms with Gasteiger partial charge in [0.1, 0.15) is 0 Å². The summed E-state index contributed by atoms with van der Waals surface area (Å²) in [6.45, 7) is 1.01. The van der Waals surface area contributed by atoms with Gasteiger partial charge in [0.25, 0.3) is 0 Å². The molecule has 0 aromatic heterocycles. The highest BCUT2D eigenvalue weighted by atomic mass is 16.5. The number of phenols is 1. The molecule has 0 radical (unpaired) electrons. The summed E-state index contributed by atoms with van der Waals surface area (Å²) in [4.78, 5) is 0. The molecule has 1 saturated heterocycles. The number of allylic oxidation sites excluding steroid dienone is 1. The Morgan fingerprint density at radius 3 is 2.86 bits per heavy atom. The van der Waals surface area contributed by atoms with Gasteiger partial charge in [-0.25, -0.2) is 0 Å². The number of hydrogen-bond acceptors (Lipinski definition) is 4. The minimum absolute atomic E-state index is 0.0180. The highest BCUT2D eigenvalue weighted by Crippen LogP contribution is 2.56. The van der Waals surface area contributed by atoms with Crippen LogP contribution < -0.4 is 10.1 Å². The Morgan fingerprint density at radius 2 is 2.09 bits per heavy atom. The van der Waals surface area contributed by atoms with Gasteiger partial charge >= 0.3 is 0 Å². The average molecular weight is 301 g/mol. The standard InChI is InChI=1S/C18H23NO3/c1-21-12-5-6-18-7-8-19-14(13(18)10-12)9-11-3-4-15(22-2)17(20)16(11)18/h3-4,10,13-14,19-20H,5-9H2,1-2H3. The van der Waals surface area contributed by atoms with Crippen molar-refractivity contribution in [3.8, 4) is 11.5 Å². The van der Waals surface area contributed by atoms with E-state index in [4.69, 9.17) is 9.47 Å². The molecule has 0 spiro atoms. The fourth-order valence-corrected chi connectivity index (χ4v) is 4.88. The van der Waals surface area contributed by atoms with E-state index >= 15 is 0 Å². The normalized spacial score (nSPS) is 32.5. The maximum Gasteiger partial charge on any atom is 0.161 e. The van der Waals surface area contributed by atoms with Gasteiger partial charge in [-0.15, -0.1) is 0 Å². The summed E-state index contributed by atoms with van der Waals surface area (Å²) in [5, 5.41) is 14.5. The van der Waals surface area contributed by atoms with Crippen molar-refractivity contribution in [2.45, 2.75) is 37.1 Å². The van der Waals surface area contributed by atoms with Gasteiger partial charge in [-0.1, -0.05) is 6.07 Å². The van der Waals surface area contributed by atoms with Crippen LogP contribution in [0.5, 0.6) is 11.5 Å². The van der Waals surface area contributed by atoms with Crippen molar-refractivity contribution in [3.05, 3.63) is 35.1 Å². The first-order chi connectivity index (χ1) is 10.7. The number of aromatic hydroxyl groups is 1. The number of ether oxygens (including phenoxy) is 2. The predicted octanol–water partition coefficient (Wildman–Crippen LogP) is 2.50. The zero-order chi connectivity index (χ0) is 15.3. The molecule has 3 aliphatic rings. The van der Waals surface area contributed by atoms with E-state index < -0.39 is 0 Å². The van der Waals surface area contributed by atoms with Crippen LogP contribution >= 0.6 is 0 Å². The molecule has 4 nitrogen and oxygen atoms in total. The minimum Gasteiger partial charge on any atom is -0.504 e. The first kappa shape index (κ1) is 13.9. The molecule has 0 amide bonds. The molecule has 1 fully saturated rings. The van der Waals surface area contributed by atoms with Crippen molar-refractivity contribution in [1.82, 2.24) is 5.32 Å². The van der Waals surface area contributed by atoms with Crippen molar-refractivity contribution in [3.63, 3.8) is 0 Å². The van der Waals surface area contributed by atoms with E-state index in [1.54, 1.807) is 14.2 Å². The summed E-state index contributed by atoms with van der Waals surface area (Å²) in [6, 6.07) is 4.45. The van der Waals surface area contributed by atoms with Crippen LogP contribution in [0.1, 0.15) is 30.4 Å². The van der Waals surface area contributed by atoms with E-state index in [1.165, 1.54) is 5.56 Å². The third-order valence-corrected chi connectivity index (χ3v) is 5.88. The molecule has 4 heteroatoms. The summed E-state index contributed by atoms with van der Waals surface area (Å²) in [5.74, 6) is 2.40. The van der Waals surface area contributed by atoms with Crippen molar-refractivity contribution in [1.29, 1.82) is 0 Å². The maximum absolute atomic E-state index is 10.8. The van der Waals surface area contributed by atoms with Crippen LogP contribution in [0.15, 0.2) is 24.0 Å². The minimum atomic E-state index is 0.0180. The molecule has 3 unspecified atom stereocenters. The van der Waals surface area contributed by atoms with Gasteiger partial charge in [-0.2, -0.15) is 0 Å². The number of hydrogen-bond donors (Lipinski definition) is 2. The Balaban J connectivity index is 1.92. The van der Waals surface area contributed by atoms with Gasteiger partial charge in [0.05, 0.1) is 20.0 Å². The lowest BCUT2D eigenvalue weighted by atomic mass is 9.54. The van der Waals surface area contributed by atoms with Crippen LogP contribution in [0.3, 0.4) is 0 Å². The van der Waals surface area contributed by atoms with Gasteiger partial charge in [0.2, 0.25) is 0 Å². The molecule has 2 bridgehead atoms. The first-order valence-corrected chi connectivity index (χ1v) is 8.07. The van der Waals surface area contributed by atoms with E-state index in [1.807, 2.05) is 6.07 Å². The van der Waals surface area contributed by atoms with Crippen LogP contribution in [0.4, 0.5) is 0 Å². The van der Waals surface area contributed by atoms with Crippen molar-refractivity contribution >= 4 is 0 Å². The van der Waals surface area contributed by atoms with Crippen LogP contribution in [0, 0.1) is 5.92 Å². The molecule has 2 aliphatic carbocycles. The van der Waals surface area contributed by atoms with Gasteiger partial charge in [0.15, 0.2) is 11.5 Å². The number of rotatable bonds is 2. The Morgan fingerprint density at radius 1 is 1.23 bits per heavy atom. The fraction of sp³-hybridized carbons (Fsp3) is 0.556. The van der Waals surface area contributed by atoms with Crippen LogP contribution in [0.2, 0.25) is 0 Å². The Hall–Kier alpha value is -1.68. The van der Waals surface area contributed by atoms with E-state index in [9.17, 15) is 5.11 Å². The van der Waals surface area contributed by atoms with Crippen LogP contribution in [-0.4, -0.2) is 31.9 Å². The summed E-state index contributed by atoms with van der Waals surface area (Å²) >= 11 is 0. The van der Waals surface area contributed by atoms with Gasteiger partial charge in [-0.3, -0.25) is 0 Å². The van der Waals surface area contributed by atoms with Crippen molar-refractivity contribution < 1.29 is 14.6 Å². The summed E-state index contributed by atoms with van der Waals surface area (Å²) in [5.41, 5.74) is 2.41. The second kappa shape index (κ2) is 4.92. The third-order valence-electron chi connectivity index (χ3n) is 5.88. The molecule has 1 heterocycles. The van der Waals surface area contributed by atoms with E-state index in [-0.39, 0.29) is 5.41 Å². The number of nitrogens with one attached hydrogen (secondary N) is 1. The monoisotopic (exact) mass is 301 g/mol. The van der Waals surface area contributed by atoms with Crippen LogP contribution in [0.25, 0.3) is 0 Å². The predicted molar refractivity (Wildman–Crippen MR) is 84.3 cm³/mol. The quantitative estimate of drug-likeness (QED) is 0.881. The Labute approximate surface area is 131 Å². The highest BCUT2D eigenvalue weighted by molar-refractivity contribution is 5.57. The molecule has 118 valence electrons.